The summed E-state index contributed by atoms with van der Waals surface area (Å²) >= 11 is 0. The molecular formula is C27H24N2O3. The number of carbonyl (C=O) groups excluding carboxylic acids is 1. The summed E-state index contributed by atoms with van der Waals surface area (Å²) in [7, 11) is 3.21. The van der Waals surface area contributed by atoms with Gasteiger partial charge in [0.15, 0.2) is 17.3 Å². The molecule has 0 radical (unpaired) electrons. The van der Waals surface area contributed by atoms with Gasteiger partial charge < -0.3 is 9.47 Å². The normalized spacial score (nSPS) is 11.0. The maximum atomic E-state index is 12.7. The largest absolute Gasteiger partial charge is 0.493 e. The van der Waals surface area contributed by atoms with Crippen LogP contribution in [0.15, 0.2) is 85.1 Å². The highest BCUT2D eigenvalue weighted by molar-refractivity contribution is 6.07. The van der Waals surface area contributed by atoms with Crippen molar-refractivity contribution in [3.8, 4) is 28.4 Å². The fourth-order valence-electron chi connectivity index (χ4n) is 3.41. The van der Waals surface area contributed by atoms with Crippen molar-refractivity contribution in [2.24, 2.45) is 0 Å². The van der Waals surface area contributed by atoms with Gasteiger partial charge in [-0.15, -0.1) is 0 Å². The van der Waals surface area contributed by atoms with Crippen LogP contribution in [-0.2, 0) is 0 Å². The Morgan fingerprint density at radius 2 is 1.62 bits per heavy atom. The summed E-state index contributed by atoms with van der Waals surface area (Å²) in [5.74, 6) is 1.20. The van der Waals surface area contributed by atoms with Gasteiger partial charge in [-0.1, -0.05) is 48.0 Å². The van der Waals surface area contributed by atoms with E-state index in [0.717, 1.165) is 28.1 Å². The van der Waals surface area contributed by atoms with Crippen LogP contribution in [0.4, 0.5) is 0 Å². The van der Waals surface area contributed by atoms with Crippen LogP contribution in [0, 0.1) is 6.92 Å². The first kappa shape index (κ1) is 21.1. The maximum absolute atomic E-state index is 12.7. The van der Waals surface area contributed by atoms with Gasteiger partial charge in [0, 0.05) is 22.9 Å². The topological polar surface area (TPSA) is 53.4 Å². The molecule has 32 heavy (non-hydrogen) atoms. The summed E-state index contributed by atoms with van der Waals surface area (Å²) < 4.78 is 12.6. The van der Waals surface area contributed by atoms with E-state index in [1.54, 1.807) is 26.4 Å². The molecule has 0 N–H and O–H groups in total. The van der Waals surface area contributed by atoms with E-state index in [1.807, 2.05) is 90.6 Å². The monoisotopic (exact) mass is 424 g/mol. The van der Waals surface area contributed by atoms with Crippen LogP contribution in [0.3, 0.4) is 0 Å². The highest BCUT2D eigenvalue weighted by Crippen LogP contribution is 2.33. The van der Waals surface area contributed by atoms with Crippen LogP contribution in [0.1, 0.15) is 21.5 Å². The molecule has 0 fully saturated rings. The Balaban J connectivity index is 1.76. The van der Waals surface area contributed by atoms with Gasteiger partial charge in [0.1, 0.15) is 5.69 Å². The number of methoxy groups -OCH3 is 2. The van der Waals surface area contributed by atoms with Crippen molar-refractivity contribution in [2.45, 2.75) is 6.92 Å². The van der Waals surface area contributed by atoms with Crippen molar-refractivity contribution in [2.75, 3.05) is 14.2 Å². The van der Waals surface area contributed by atoms with E-state index in [2.05, 4.69) is 0 Å². The van der Waals surface area contributed by atoms with E-state index in [4.69, 9.17) is 14.6 Å². The lowest BCUT2D eigenvalue weighted by Gasteiger charge is -2.09. The minimum absolute atomic E-state index is 0.0595. The molecule has 4 aromatic rings. The van der Waals surface area contributed by atoms with E-state index < -0.39 is 0 Å². The molecule has 0 aliphatic carbocycles. The SMILES string of the molecule is COc1ccc(-c2nn(-c3ccccc3)cc2/C=C\C(=O)c2ccc(C)cc2)cc1OC. The molecule has 0 saturated heterocycles. The number of hydrogen-bond donors (Lipinski definition) is 0. The van der Waals surface area contributed by atoms with Crippen molar-refractivity contribution < 1.29 is 14.3 Å². The third-order valence-corrected chi connectivity index (χ3v) is 5.17. The number of hydrogen-bond acceptors (Lipinski definition) is 4. The van der Waals surface area contributed by atoms with Crippen LogP contribution in [0.2, 0.25) is 0 Å². The summed E-state index contributed by atoms with van der Waals surface area (Å²) in [6.07, 6.45) is 5.31. The number of ketones is 1. The number of ether oxygens (including phenoxy) is 2. The number of para-hydroxylation sites is 1. The van der Waals surface area contributed by atoms with Crippen molar-refractivity contribution >= 4 is 11.9 Å². The summed E-state index contributed by atoms with van der Waals surface area (Å²) in [4.78, 5) is 12.7. The molecule has 0 amide bonds. The molecule has 0 atom stereocenters. The summed E-state index contributed by atoms with van der Waals surface area (Å²) in [6, 6.07) is 23.1. The second-order valence-electron chi connectivity index (χ2n) is 7.35. The van der Waals surface area contributed by atoms with E-state index >= 15 is 0 Å². The first-order chi connectivity index (χ1) is 15.6. The average molecular weight is 425 g/mol. The molecule has 0 aliphatic rings. The predicted molar refractivity (Wildman–Crippen MR) is 127 cm³/mol. The van der Waals surface area contributed by atoms with Crippen molar-refractivity contribution in [3.63, 3.8) is 0 Å². The first-order valence-electron chi connectivity index (χ1n) is 10.3. The maximum Gasteiger partial charge on any atom is 0.185 e. The van der Waals surface area contributed by atoms with Gasteiger partial charge >= 0.3 is 0 Å². The zero-order valence-corrected chi connectivity index (χ0v) is 18.3. The summed E-state index contributed by atoms with van der Waals surface area (Å²) in [5.41, 5.74) is 5.11. The van der Waals surface area contributed by atoms with Crippen LogP contribution in [0.25, 0.3) is 23.0 Å². The lowest BCUT2D eigenvalue weighted by atomic mass is 10.0. The van der Waals surface area contributed by atoms with Gasteiger partial charge in [0.2, 0.25) is 0 Å². The van der Waals surface area contributed by atoms with E-state index in [-0.39, 0.29) is 5.78 Å². The van der Waals surface area contributed by atoms with E-state index in [0.29, 0.717) is 17.1 Å². The summed E-state index contributed by atoms with van der Waals surface area (Å²) in [5, 5.41) is 4.80. The van der Waals surface area contributed by atoms with E-state index in [1.165, 1.54) is 0 Å². The Morgan fingerprint density at radius 1 is 0.906 bits per heavy atom. The number of nitrogens with zero attached hydrogens (tertiary/aromatic N) is 2. The Bertz CT molecular complexity index is 1260. The minimum atomic E-state index is -0.0595. The molecule has 0 aliphatic heterocycles. The third-order valence-electron chi connectivity index (χ3n) is 5.17. The number of aryl methyl sites for hydroxylation is 1. The lowest BCUT2D eigenvalue weighted by molar-refractivity contribution is 0.104. The second kappa shape index (κ2) is 9.35. The van der Waals surface area contributed by atoms with Gasteiger partial charge in [-0.05, 0) is 49.4 Å². The van der Waals surface area contributed by atoms with Gasteiger partial charge in [0.25, 0.3) is 0 Å². The molecule has 0 saturated carbocycles. The van der Waals surface area contributed by atoms with Gasteiger partial charge in [-0.2, -0.15) is 5.10 Å². The molecule has 5 heteroatoms. The lowest BCUT2D eigenvalue weighted by Crippen LogP contribution is -1.95. The third kappa shape index (κ3) is 4.47. The molecule has 0 unspecified atom stereocenters. The quantitative estimate of drug-likeness (QED) is 0.280. The molecule has 1 aromatic heterocycles. The highest BCUT2D eigenvalue weighted by Gasteiger charge is 2.14. The molecule has 5 nitrogen and oxygen atoms in total. The Kier molecular flexibility index (Phi) is 6.17. The fourth-order valence-corrected chi connectivity index (χ4v) is 3.41. The molecule has 1 heterocycles. The second-order valence-corrected chi connectivity index (χ2v) is 7.35. The molecular weight excluding hydrogens is 400 g/mol. The van der Waals surface area contributed by atoms with Crippen LogP contribution in [0.5, 0.6) is 11.5 Å². The molecule has 3 aromatic carbocycles. The molecule has 160 valence electrons. The number of rotatable bonds is 7. The number of allylic oxidation sites excluding steroid dienone is 1. The van der Waals surface area contributed by atoms with Gasteiger partial charge in [0.05, 0.1) is 19.9 Å². The molecule has 4 rings (SSSR count). The highest BCUT2D eigenvalue weighted by atomic mass is 16.5. The van der Waals surface area contributed by atoms with Crippen LogP contribution in [-0.4, -0.2) is 29.8 Å². The minimum Gasteiger partial charge on any atom is -0.493 e. The van der Waals surface area contributed by atoms with Crippen molar-refractivity contribution in [1.82, 2.24) is 9.78 Å². The number of carbonyl (C=O) groups is 1. The fraction of sp³-hybridized carbons (Fsp3) is 0.111. The van der Waals surface area contributed by atoms with Gasteiger partial charge in [-0.25, -0.2) is 4.68 Å². The van der Waals surface area contributed by atoms with Gasteiger partial charge in [-0.3, -0.25) is 4.79 Å². The Morgan fingerprint density at radius 3 is 2.31 bits per heavy atom. The predicted octanol–water partition coefficient (Wildman–Crippen LogP) is 5.76. The zero-order chi connectivity index (χ0) is 22.5. The average Bonchev–Trinajstić information content (AvgIpc) is 3.27. The standard InChI is InChI=1S/C27H24N2O3/c1-19-9-11-20(12-10-19)24(30)15-13-22-18-29(23-7-5-4-6-8-23)28-27(22)21-14-16-25(31-2)26(17-21)32-3/h4-18H,1-3H3/b15-13-. The van der Waals surface area contributed by atoms with Crippen LogP contribution < -0.4 is 9.47 Å². The first-order valence-corrected chi connectivity index (χ1v) is 10.3. The summed E-state index contributed by atoms with van der Waals surface area (Å²) in [6.45, 7) is 2.00. The Hall–Kier alpha value is -4.12. The molecule has 0 spiro atoms. The molecule has 0 bridgehead atoms. The smallest absolute Gasteiger partial charge is 0.185 e. The van der Waals surface area contributed by atoms with Crippen molar-refractivity contribution in [1.29, 1.82) is 0 Å². The Labute approximate surface area is 187 Å². The number of aromatic nitrogens is 2. The zero-order valence-electron chi connectivity index (χ0n) is 18.3. The van der Waals surface area contributed by atoms with Crippen molar-refractivity contribution in [3.05, 3.63) is 102 Å². The van der Waals surface area contributed by atoms with E-state index in [9.17, 15) is 4.79 Å². The number of benzene rings is 3. The van der Waals surface area contributed by atoms with Crippen LogP contribution >= 0.6 is 0 Å².